The van der Waals surface area contributed by atoms with Gasteiger partial charge in [-0.05, 0) is 44.2 Å². The molecule has 1 unspecified atom stereocenters. The second-order valence-corrected chi connectivity index (χ2v) is 8.92. The van der Waals surface area contributed by atoms with Crippen LogP contribution in [-0.2, 0) is 9.47 Å². The highest BCUT2D eigenvalue weighted by Crippen LogP contribution is 2.28. The van der Waals surface area contributed by atoms with Crippen molar-refractivity contribution in [2.45, 2.75) is 50.2 Å². The van der Waals surface area contributed by atoms with Crippen molar-refractivity contribution in [3.63, 3.8) is 0 Å². The van der Waals surface area contributed by atoms with Crippen LogP contribution in [0.25, 0.3) is 11.2 Å². The van der Waals surface area contributed by atoms with E-state index >= 15 is 0 Å². The second-order valence-electron chi connectivity index (χ2n) is 8.92. The number of esters is 1. The van der Waals surface area contributed by atoms with Crippen LogP contribution in [0, 0.1) is 0 Å². The van der Waals surface area contributed by atoms with E-state index in [0.717, 1.165) is 44.4 Å². The Morgan fingerprint density at radius 2 is 1.97 bits per heavy atom. The van der Waals surface area contributed by atoms with Gasteiger partial charge >= 0.3 is 5.97 Å². The number of nitrogens with two attached hydrogens (primary N) is 1. The van der Waals surface area contributed by atoms with Gasteiger partial charge in [0, 0.05) is 18.7 Å². The maximum Gasteiger partial charge on any atom is 0.338 e. The van der Waals surface area contributed by atoms with Crippen molar-refractivity contribution >= 4 is 28.9 Å². The van der Waals surface area contributed by atoms with Gasteiger partial charge in [-0.15, -0.1) is 0 Å². The standard InChI is InChI=1S/C24H31N7O3/c25-17-6-8-18(9-7-17)28-24-29-21(26-11-13-34-23(32)16-4-2-1-3-5-16)20-22(30-24)31(15-27-20)19-10-12-33-14-19/h1-5,15,17-19H,6-14,25H2,(H2,26,28,29,30). The number of hydrogen-bond donors (Lipinski definition) is 3. The minimum absolute atomic E-state index is 0.208. The molecule has 2 aromatic heterocycles. The first kappa shape index (κ1) is 22.5. The Bertz CT molecular complexity index is 1110. The normalized spacial score (nSPS) is 22.6. The van der Waals surface area contributed by atoms with Gasteiger partial charge in [0.1, 0.15) is 6.61 Å². The van der Waals surface area contributed by atoms with Gasteiger partial charge in [0.15, 0.2) is 17.0 Å². The molecule has 1 atom stereocenters. The van der Waals surface area contributed by atoms with E-state index in [1.807, 2.05) is 24.5 Å². The van der Waals surface area contributed by atoms with Crippen LogP contribution >= 0.6 is 0 Å². The summed E-state index contributed by atoms with van der Waals surface area (Å²) in [6, 6.07) is 9.74. The highest BCUT2D eigenvalue weighted by Gasteiger charge is 2.24. The van der Waals surface area contributed by atoms with E-state index in [9.17, 15) is 4.79 Å². The summed E-state index contributed by atoms with van der Waals surface area (Å²) in [6.45, 7) is 2.00. The van der Waals surface area contributed by atoms with E-state index in [-0.39, 0.29) is 24.7 Å². The minimum atomic E-state index is -0.349. The molecule has 1 aliphatic heterocycles. The Morgan fingerprint density at radius 3 is 2.74 bits per heavy atom. The monoisotopic (exact) mass is 465 g/mol. The largest absolute Gasteiger partial charge is 0.460 e. The zero-order valence-corrected chi connectivity index (χ0v) is 19.2. The molecule has 5 rings (SSSR count). The zero-order valence-electron chi connectivity index (χ0n) is 19.2. The van der Waals surface area contributed by atoms with Crippen molar-refractivity contribution < 1.29 is 14.3 Å². The van der Waals surface area contributed by atoms with Crippen LogP contribution in [0.3, 0.4) is 0 Å². The van der Waals surface area contributed by atoms with Crippen molar-refractivity contribution in [1.29, 1.82) is 0 Å². The third-order valence-electron chi connectivity index (χ3n) is 6.46. The quantitative estimate of drug-likeness (QED) is 0.340. The van der Waals surface area contributed by atoms with Crippen molar-refractivity contribution in [3.05, 3.63) is 42.2 Å². The Hall–Kier alpha value is -3.24. The van der Waals surface area contributed by atoms with Crippen molar-refractivity contribution in [2.75, 3.05) is 37.0 Å². The van der Waals surface area contributed by atoms with Crippen molar-refractivity contribution in [2.24, 2.45) is 5.73 Å². The first-order valence-electron chi connectivity index (χ1n) is 12.0. The van der Waals surface area contributed by atoms with Gasteiger partial charge in [0.05, 0.1) is 31.1 Å². The average Bonchev–Trinajstić information content (AvgIpc) is 3.54. The molecule has 0 radical (unpaired) electrons. The van der Waals surface area contributed by atoms with Gasteiger partial charge in [-0.25, -0.2) is 9.78 Å². The number of anilines is 2. The van der Waals surface area contributed by atoms with Gasteiger partial charge in [-0.1, -0.05) is 18.2 Å². The van der Waals surface area contributed by atoms with E-state index < -0.39 is 0 Å². The van der Waals surface area contributed by atoms with Crippen LogP contribution in [0.2, 0.25) is 0 Å². The smallest absolute Gasteiger partial charge is 0.338 e. The summed E-state index contributed by atoms with van der Waals surface area (Å²) in [5.41, 5.74) is 8.05. The molecule has 1 aromatic carbocycles. The lowest BCUT2D eigenvalue weighted by Gasteiger charge is -2.27. The van der Waals surface area contributed by atoms with Crippen LogP contribution in [0.15, 0.2) is 36.7 Å². The second kappa shape index (κ2) is 10.4. The maximum absolute atomic E-state index is 12.2. The first-order chi connectivity index (χ1) is 16.7. The third-order valence-corrected chi connectivity index (χ3v) is 6.46. The fourth-order valence-corrected chi connectivity index (χ4v) is 4.53. The number of imidazole rings is 1. The first-order valence-corrected chi connectivity index (χ1v) is 12.0. The van der Waals surface area contributed by atoms with Crippen LogP contribution in [0.5, 0.6) is 0 Å². The lowest BCUT2D eigenvalue weighted by atomic mass is 9.92. The number of benzene rings is 1. The van der Waals surface area contributed by atoms with E-state index in [1.54, 1.807) is 12.1 Å². The SMILES string of the molecule is NC1CCC(Nc2nc(NCCOC(=O)c3ccccc3)c3ncn(C4CCOC4)c3n2)CC1. The molecule has 2 fully saturated rings. The molecule has 2 aliphatic rings. The highest BCUT2D eigenvalue weighted by atomic mass is 16.5. The molecule has 0 amide bonds. The van der Waals surface area contributed by atoms with E-state index in [4.69, 9.17) is 25.2 Å². The van der Waals surface area contributed by atoms with Gasteiger partial charge in [-0.2, -0.15) is 9.97 Å². The number of ether oxygens (including phenoxy) is 2. The molecule has 10 nitrogen and oxygen atoms in total. The molecule has 3 heterocycles. The summed E-state index contributed by atoms with van der Waals surface area (Å²) in [7, 11) is 0. The topological polar surface area (TPSA) is 129 Å². The molecule has 0 bridgehead atoms. The molecular weight excluding hydrogens is 434 g/mol. The lowest BCUT2D eigenvalue weighted by Crippen LogP contribution is -2.33. The molecule has 1 saturated carbocycles. The predicted octanol–water partition coefficient (Wildman–Crippen LogP) is 2.74. The van der Waals surface area contributed by atoms with E-state index in [0.29, 0.717) is 42.0 Å². The molecule has 1 aliphatic carbocycles. The predicted molar refractivity (Wildman–Crippen MR) is 129 cm³/mol. The Kier molecular flexibility index (Phi) is 6.87. The van der Waals surface area contributed by atoms with Crippen LogP contribution in [-0.4, -0.2) is 63.9 Å². The lowest BCUT2D eigenvalue weighted by molar-refractivity contribution is 0.0520. The number of nitrogens with one attached hydrogen (secondary N) is 2. The molecular formula is C24H31N7O3. The number of carbonyl (C=O) groups excluding carboxylic acids is 1. The van der Waals surface area contributed by atoms with Crippen LogP contribution in [0.4, 0.5) is 11.8 Å². The van der Waals surface area contributed by atoms with E-state index in [1.165, 1.54) is 0 Å². The van der Waals surface area contributed by atoms with Crippen LogP contribution in [0.1, 0.15) is 48.5 Å². The summed E-state index contributed by atoms with van der Waals surface area (Å²) < 4.78 is 13.0. The molecule has 3 aromatic rings. The number of nitrogens with zero attached hydrogens (tertiary/aromatic N) is 4. The van der Waals surface area contributed by atoms with Gasteiger partial charge in [0.25, 0.3) is 0 Å². The van der Waals surface area contributed by atoms with Crippen molar-refractivity contribution in [3.8, 4) is 0 Å². The van der Waals surface area contributed by atoms with Gasteiger partial charge in [-0.3, -0.25) is 0 Å². The minimum Gasteiger partial charge on any atom is -0.460 e. The number of aromatic nitrogens is 4. The van der Waals surface area contributed by atoms with Crippen molar-refractivity contribution in [1.82, 2.24) is 19.5 Å². The molecule has 1 saturated heterocycles. The molecule has 0 spiro atoms. The Morgan fingerprint density at radius 1 is 1.15 bits per heavy atom. The summed E-state index contributed by atoms with van der Waals surface area (Å²) >= 11 is 0. The maximum atomic E-state index is 12.2. The Labute approximate surface area is 198 Å². The molecule has 4 N–H and O–H groups in total. The molecule has 34 heavy (non-hydrogen) atoms. The number of carbonyl (C=O) groups is 1. The summed E-state index contributed by atoms with van der Waals surface area (Å²) in [5, 5.41) is 6.78. The summed E-state index contributed by atoms with van der Waals surface area (Å²) in [6.07, 6.45) is 6.72. The molecule has 180 valence electrons. The zero-order chi connectivity index (χ0) is 23.3. The fraction of sp³-hybridized carbons (Fsp3) is 0.500. The van der Waals surface area contributed by atoms with E-state index in [2.05, 4.69) is 20.2 Å². The Balaban J connectivity index is 1.31. The molecule has 10 heteroatoms. The number of hydrogen-bond acceptors (Lipinski definition) is 9. The number of rotatable bonds is 8. The number of fused-ring (bicyclic) bond motifs is 1. The fourth-order valence-electron chi connectivity index (χ4n) is 4.53. The highest BCUT2D eigenvalue weighted by molar-refractivity contribution is 5.89. The van der Waals surface area contributed by atoms with Gasteiger partial charge < -0.3 is 30.4 Å². The van der Waals surface area contributed by atoms with Gasteiger partial charge in [0.2, 0.25) is 5.95 Å². The average molecular weight is 466 g/mol. The summed E-state index contributed by atoms with van der Waals surface area (Å²) in [5.74, 6) is 0.837. The third kappa shape index (κ3) is 5.13. The summed E-state index contributed by atoms with van der Waals surface area (Å²) in [4.78, 5) is 26.3. The van der Waals surface area contributed by atoms with Crippen LogP contribution < -0.4 is 16.4 Å².